The molecule has 1 aliphatic rings. The highest BCUT2D eigenvalue weighted by atomic mass is 16.7. The van der Waals surface area contributed by atoms with Crippen molar-refractivity contribution in [2.45, 2.75) is 70.8 Å². The molecule has 0 spiro atoms. The monoisotopic (exact) mass is 437 g/mol. The minimum absolute atomic E-state index is 0.128. The Labute approximate surface area is 191 Å². The average Bonchev–Trinajstić information content (AvgIpc) is 2.79. The molecule has 0 aliphatic carbocycles. The zero-order chi connectivity index (χ0) is 22.8. The van der Waals surface area contributed by atoms with Crippen LogP contribution in [0.4, 0.5) is 0 Å². The highest BCUT2D eigenvalue weighted by Crippen LogP contribution is 2.19. The third kappa shape index (κ3) is 7.88. The Morgan fingerprint density at radius 2 is 1.66 bits per heavy atom. The molecule has 1 heterocycles. The van der Waals surface area contributed by atoms with Crippen molar-refractivity contribution in [1.82, 2.24) is 0 Å². The summed E-state index contributed by atoms with van der Waals surface area (Å²) in [6.45, 7) is 6.93. The second-order valence-electron chi connectivity index (χ2n) is 9.07. The minimum atomic E-state index is -0.611. The largest absolute Gasteiger partial charge is 0.458 e. The van der Waals surface area contributed by atoms with Crippen LogP contribution >= 0.6 is 0 Å². The quantitative estimate of drug-likeness (QED) is 0.293. The molecule has 2 atom stereocenters. The standard InChI is InChI=1S/C27H35NO4/c1-27(2,3)32-26(29)23(17-12-20-31-24-18-10-11-19-30-24)28-25(21-13-6-4-7-14-21)22-15-8-5-9-16-22/h4-9,13-16,23-24H,10-12,17-20H2,1-3H3. The summed E-state index contributed by atoms with van der Waals surface area (Å²) in [5, 5.41) is 0. The van der Waals surface area contributed by atoms with Crippen molar-refractivity contribution in [3.05, 3.63) is 71.8 Å². The summed E-state index contributed by atoms with van der Waals surface area (Å²) >= 11 is 0. The number of nitrogens with zero attached hydrogens (tertiary/aromatic N) is 1. The van der Waals surface area contributed by atoms with Crippen molar-refractivity contribution < 1.29 is 19.0 Å². The van der Waals surface area contributed by atoms with Crippen LogP contribution in [0, 0.1) is 0 Å². The molecular formula is C27H35NO4. The molecule has 1 saturated heterocycles. The normalized spacial score (nSPS) is 17.4. The highest BCUT2D eigenvalue weighted by Gasteiger charge is 2.26. The number of carbonyl (C=O) groups excluding carboxylic acids is 1. The molecule has 0 N–H and O–H groups in total. The number of hydrogen-bond donors (Lipinski definition) is 0. The predicted octanol–water partition coefficient (Wildman–Crippen LogP) is 5.56. The number of ether oxygens (including phenoxy) is 3. The summed E-state index contributed by atoms with van der Waals surface area (Å²) in [6.07, 6.45) is 4.27. The van der Waals surface area contributed by atoms with Gasteiger partial charge < -0.3 is 14.2 Å². The molecule has 2 aromatic rings. The Bertz CT molecular complexity index is 811. The fourth-order valence-electron chi connectivity index (χ4n) is 3.60. The summed E-state index contributed by atoms with van der Waals surface area (Å²) in [5.74, 6) is -0.309. The van der Waals surface area contributed by atoms with Crippen molar-refractivity contribution in [2.24, 2.45) is 4.99 Å². The van der Waals surface area contributed by atoms with E-state index in [1.165, 1.54) is 0 Å². The van der Waals surface area contributed by atoms with E-state index in [0.717, 1.165) is 42.7 Å². The van der Waals surface area contributed by atoms with Crippen LogP contribution < -0.4 is 0 Å². The maximum Gasteiger partial charge on any atom is 0.331 e. The lowest BCUT2D eigenvalue weighted by Gasteiger charge is -2.24. The molecule has 5 heteroatoms. The first-order valence-corrected chi connectivity index (χ1v) is 11.6. The van der Waals surface area contributed by atoms with Gasteiger partial charge in [-0.05, 0) is 52.9 Å². The zero-order valence-corrected chi connectivity index (χ0v) is 19.5. The van der Waals surface area contributed by atoms with Crippen LogP contribution in [0.1, 0.15) is 64.0 Å². The van der Waals surface area contributed by atoms with Gasteiger partial charge in [-0.25, -0.2) is 4.79 Å². The van der Waals surface area contributed by atoms with Gasteiger partial charge in [0.15, 0.2) is 6.29 Å². The Balaban J connectivity index is 1.79. The molecule has 0 aromatic heterocycles. The first kappa shape index (κ1) is 24.1. The molecular weight excluding hydrogens is 402 g/mol. The van der Waals surface area contributed by atoms with E-state index in [1.54, 1.807) is 0 Å². The van der Waals surface area contributed by atoms with Crippen LogP contribution in [0.5, 0.6) is 0 Å². The fourth-order valence-corrected chi connectivity index (χ4v) is 3.60. The maximum absolute atomic E-state index is 13.1. The lowest BCUT2D eigenvalue weighted by Crippen LogP contribution is -2.32. The van der Waals surface area contributed by atoms with Crippen LogP contribution in [0.25, 0.3) is 0 Å². The first-order valence-electron chi connectivity index (χ1n) is 11.6. The number of esters is 1. The lowest BCUT2D eigenvalue weighted by atomic mass is 10.0. The first-order chi connectivity index (χ1) is 15.4. The van der Waals surface area contributed by atoms with Crippen molar-refractivity contribution in [3.63, 3.8) is 0 Å². The molecule has 0 radical (unpaired) electrons. The van der Waals surface area contributed by atoms with Gasteiger partial charge in [-0.2, -0.15) is 0 Å². The van der Waals surface area contributed by atoms with E-state index in [2.05, 4.69) is 0 Å². The molecule has 172 valence electrons. The molecule has 0 amide bonds. The van der Waals surface area contributed by atoms with Crippen LogP contribution in [0.2, 0.25) is 0 Å². The number of benzene rings is 2. The van der Waals surface area contributed by atoms with Gasteiger partial charge in [-0.15, -0.1) is 0 Å². The third-order valence-corrected chi connectivity index (χ3v) is 5.12. The van der Waals surface area contributed by atoms with E-state index in [0.29, 0.717) is 19.4 Å². The second-order valence-corrected chi connectivity index (χ2v) is 9.07. The van der Waals surface area contributed by atoms with Gasteiger partial charge in [0.05, 0.1) is 5.71 Å². The van der Waals surface area contributed by atoms with Crippen LogP contribution in [-0.4, -0.2) is 42.8 Å². The number of carbonyl (C=O) groups is 1. The van der Waals surface area contributed by atoms with Gasteiger partial charge in [0.25, 0.3) is 0 Å². The number of hydrogen-bond acceptors (Lipinski definition) is 5. The number of rotatable bonds is 9. The van der Waals surface area contributed by atoms with E-state index in [9.17, 15) is 4.79 Å². The van der Waals surface area contributed by atoms with Gasteiger partial charge in [-0.3, -0.25) is 4.99 Å². The Morgan fingerprint density at radius 3 is 2.19 bits per heavy atom. The number of aliphatic imine (C=N–C) groups is 1. The van der Waals surface area contributed by atoms with Crippen molar-refractivity contribution >= 4 is 11.7 Å². The van der Waals surface area contributed by atoms with E-state index >= 15 is 0 Å². The van der Waals surface area contributed by atoms with Gasteiger partial charge in [-0.1, -0.05) is 60.7 Å². The minimum Gasteiger partial charge on any atom is -0.458 e. The summed E-state index contributed by atoms with van der Waals surface area (Å²) in [5.41, 5.74) is 2.16. The molecule has 0 saturated carbocycles. The van der Waals surface area contributed by atoms with Crippen molar-refractivity contribution in [3.8, 4) is 0 Å². The Kier molecular flexibility index (Phi) is 9.00. The smallest absolute Gasteiger partial charge is 0.331 e. The fraction of sp³-hybridized carbons (Fsp3) is 0.481. The SMILES string of the molecule is CC(C)(C)OC(=O)C(CCCOC1CCCCO1)N=C(c1ccccc1)c1ccccc1. The van der Waals surface area contributed by atoms with Crippen LogP contribution in [0.3, 0.4) is 0 Å². The molecule has 2 unspecified atom stereocenters. The van der Waals surface area contributed by atoms with Gasteiger partial charge in [0.2, 0.25) is 0 Å². The molecule has 1 aliphatic heterocycles. The Hall–Kier alpha value is -2.50. The van der Waals surface area contributed by atoms with Crippen LogP contribution in [-0.2, 0) is 19.0 Å². The summed E-state index contributed by atoms with van der Waals surface area (Å²) in [7, 11) is 0. The topological polar surface area (TPSA) is 57.1 Å². The summed E-state index contributed by atoms with van der Waals surface area (Å²) in [6, 6.07) is 19.3. The Morgan fingerprint density at radius 1 is 1.03 bits per heavy atom. The lowest BCUT2D eigenvalue weighted by molar-refractivity contribution is -0.164. The van der Waals surface area contributed by atoms with Crippen LogP contribution in [0.15, 0.2) is 65.7 Å². The molecule has 2 aromatic carbocycles. The molecule has 1 fully saturated rings. The van der Waals surface area contributed by atoms with E-state index in [1.807, 2.05) is 81.4 Å². The highest BCUT2D eigenvalue weighted by molar-refractivity contribution is 6.13. The molecule has 5 nitrogen and oxygen atoms in total. The van der Waals surface area contributed by atoms with Gasteiger partial charge in [0.1, 0.15) is 11.6 Å². The van der Waals surface area contributed by atoms with Gasteiger partial charge in [0, 0.05) is 24.3 Å². The van der Waals surface area contributed by atoms with E-state index < -0.39 is 11.6 Å². The predicted molar refractivity (Wildman–Crippen MR) is 127 cm³/mol. The van der Waals surface area contributed by atoms with Crippen molar-refractivity contribution in [1.29, 1.82) is 0 Å². The van der Waals surface area contributed by atoms with E-state index in [-0.39, 0.29) is 12.3 Å². The molecule has 0 bridgehead atoms. The molecule has 32 heavy (non-hydrogen) atoms. The average molecular weight is 438 g/mol. The summed E-state index contributed by atoms with van der Waals surface area (Å²) in [4.78, 5) is 18.0. The second kappa shape index (κ2) is 11.9. The summed E-state index contributed by atoms with van der Waals surface area (Å²) < 4.78 is 17.2. The zero-order valence-electron chi connectivity index (χ0n) is 19.5. The van der Waals surface area contributed by atoms with Gasteiger partial charge >= 0.3 is 5.97 Å². The van der Waals surface area contributed by atoms with E-state index in [4.69, 9.17) is 19.2 Å². The maximum atomic E-state index is 13.1. The third-order valence-electron chi connectivity index (χ3n) is 5.12. The van der Waals surface area contributed by atoms with Crippen molar-refractivity contribution in [2.75, 3.05) is 13.2 Å². The molecule has 3 rings (SSSR count).